The number of hydrogen-bond acceptors (Lipinski definition) is 4. The van der Waals surface area contributed by atoms with Gasteiger partial charge in [0.25, 0.3) is 0 Å². The second kappa shape index (κ2) is 10.1. The minimum absolute atomic E-state index is 0.255. The lowest BCUT2D eigenvalue weighted by Crippen LogP contribution is -2.48. The Morgan fingerprint density at radius 3 is 2.79 bits per heavy atom. The SMILES string of the molecule is CCSC1(CNC(=NC)NCCc2ccc(Cl)nc2)CCOCC1. The number of ether oxygens (including phenoxy) is 1. The molecule has 134 valence electrons. The summed E-state index contributed by atoms with van der Waals surface area (Å²) in [6.45, 7) is 5.64. The average Bonchev–Trinajstić information content (AvgIpc) is 2.61. The smallest absolute Gasteiger partial charge is 0.191 e. The van der Waals surface area contributed by atoms with E-state index in [9.17, 15) is 0 Å². The molecule has 1 aliphatic rings. The largest absolute Gasteiger partial charge is 0.381 e. The molecule has 2 N–H and O–H groups in total. The van der Waals surface area contributed by atoms with Gasteiger partial charge in [-0.25, -0.2) is 4.98 Å². The van der Waals surface area contributed by atoms with Gasteiger partial charge in [0, 0.05) is 44.3 Å². The molecule has 0 bridgehead atoms. The van der Waals surface area contributed by atoms with Gasteiger partial charge in [-0.1, -0.05) is 24.6 Å². The molecule has 5 nitrogen and oxygen atoms in total. The summed E-state index contributed by atoms with van der Waals surface area (Å²) in [5.74, 6) is 1.97. The van der Waals surface area contributed by atoms with Crippen molar-refractivity contribution in [3.63, 3.8) is 0 Å². The number of guanidine groups is 1. The van der Waals surface area contributed by atoms with E-state index >= 15 is 0 Å². The highest BCUT2D eigenvalue weighted by Gasteiger charge is 2.32. The molecule has 0 unspecified atom stereocenters. The number of hydrogen-bond donors (Lipinski definition) is 2. The van der Waals surface area contributed by atoms with Crippen molar-refractivity contribution in [1.29, 1.82) is 0 Å². The highest BCUT2D eigenvalue weighted by Crippen LogP contribution is 2.34. The predicted molar refractivity (Wildman–Crippen MR) is 103 cm³/mol. The van der Waals surface area contributed by atoms with Gasteiger partial charge >= 0.3 is 0 Å². The van der Waals surface area contributed by atoms with Crippen LogP contribution in [0.3, 0.4) is 0 Å². The lowest BCUT2D eigenvalue weighted by molar-refractivity contribution is 0.0782. The Morgan fingerprint density at radius 2 is 2.17 bits per heavy atom. The molecule has 7 heteroatoms. The van der Waals surface area contributed by atoms with E-state index in [0.29, 0.717) is 5.15 Å². The minimum atomic E-state index is 0.255. The summed E-state index contributed by atoms with van der Waals surface area (Å²) >= 11 is 7.83. The van der Waals surface area contributed by atoms with Gasteiger partial charge in [-0.3, -0.25) is 4.99 Å². The molecule has 0 amide bonds. The quantitative estimate of drug-likeness (QED) is 0.439. The highest BCUT2D eigenvalue weighted by molar-refractivity contribution is 8.00. The molecule has 1 fully saturated rings. The average molecular weight is 371 g/mol. The van der Waals surface area contributed by atoms with Crippen LogP contribution >= 0.6 is 23.4 Å². The Hall–Kier alpha value is -0.980. The number of aromatic nitrogens is 1. The lowest BCUT2D eigenvalue weighted by atomic mass is 9.99. The van der Waals surface area contributed by atoms with Gasteiger partial charge in [0.05, 0.1) is 0 Å². The summed E-state index contributed by atoms with van der Waals surface area (Å²) in [5, 5.41) is 7.38. The molecule has 1 saturated heterocycles. The fourth-order valence-corrected chi connectivity index (χ4v) is 4.12. The monoisotopic (exact) mass is 370 g/mol. The summed E-state index contributed by atoms with van der Waals surface area (Å²) in [6, 6.07) is 3.82. The van der Waals surface area contributed by atoms with Gasteiger partial charge < -0.3 is 15.4 Å². The molecule has 0 atom stereocenters. The van der Waals surface area contributed by atoms with Crippen LogP contribution in [0, 0.1) is 0 Å². The van der Waals surface area contributed by atoms with Gasteiger partial charge in [0.1, 0.15) is 5.15 Å². The molecular weight excluding hydrogens is 344 g/mol. The van der Waals surface area contributed by atoms with Gasteiger partial charge in [0.2, 0.25) is 0 Å². The summed E-state index contributed by atoms with van der Waals surface area (Å²) < 4.78 is 5.78. The summed E-state index contributed by atoms with van der Waals surface area (Å²) in [4.78, 5) is 8.43. The molecule has 2 heterocycles. The van der Waals surface area contributed by atoms with Gasteiger partial charge in [0.15, 0.2) is 5.96 Å². The number of aliphatic imine (C=N–C) groups is 1. The first kappa shape index (κ1) is 19.3. The maximum Gasteiger partial charge on any atom is 0.191 e. The predicted octanol–water partition coefficient (Wildman–Crippen LogP) is 2.74. The van der Waals surface area contributed by atoms with Crippen LogP contribution in [-0.2, 0) is 11.2 Å². The first-order chi connectivity index (χ1) is 11.7. The van der Waals surface area contributed by atoms with E-state index in [1.54, 1.807) is 0 Å². The molecule has 24 heavy (non-hydrogen) atoms. The highest BCUT2D eigenvalue weighted by atomic mass is 35.5. The van der Waals surface area contributed by atoms with Gasteiger partial charge in [-0.2, -0.15) is 11.8 Å². The van der Waals surface area contributed by atoms with Crippen LogP contribution in [0.5, 0.6) is 0 Å². The lowest BCUT2D eigenvalue weighted by Gasteiger charge is -2.37. The van der Waals surface area contributed by atoms with Crippen molar-refractivity contribution >= 4 is 29.3 Å². The number of halogens is 1. The fraction of sp³-hybridized carbons (Fsp3) is 0.647. The zero-order chi connectivity index (χ0) is 17.3. The molecule has 0 saturated carbocycles. The van der Waals surface area contributed by atoms with E-state index in [2.05, 4.69) is 27.5 Å². The molecule has 0 radical (unpaired) electrons. The minimum Gasteiger partial charge on any atom is -0.381 e. The third-order valence-corrected chi connectivity index (χ3v) is 5.83. The fourth-order valence-electron chi connectivity index (χ4n) is 2.77. The number of rotatable bonds is 7. The van der Waals surface area contributed by atoms with Crippen molar-refractivity contribution in [2.24, 2.45) is 4.99 Å². The maximum atomic E-state index is 5.81. The molecular formula is C17H27ClN4OS. The van der Waals surface area contributed by atoms with E-state index in [1.807, 2.05) is 37.1 Å². The van der Waals surface area contributed by atoms with Crippen molar-refractivity contribution in [2.75, 3.05) is 39.1 Å². The number of nitrogens with zero attached hydrogens (tertiary/aromatic N) is 2. The Kier molecular flexibility index (Phi) is 8.15. The molecule has 0 aliphatic carbocycles. The maximum absolute atomic E-state index is 5.81. The van der Waals surface area contributed by atoms with Gasteiger partial charge in [-0.15, -0.1) is 0 Å². The van der Waals surface area contributed by atoms with Crippen molar-refractivity contribution in [1.82, 2.24) is 15.6 Å². The summed E-state index contributed by atoms with van der Waals surface area (Å²) in [6.07, 6.45) is 4.88. The van der Waals surface area contributed by atoms with E-state index in [-0.39, 0.29) is 4.75 Å². The van der Waals surface area contributed by atoms with Crippen LogP contribution in [0.2, 0.25) is 5.15 Å². The molecule has 0 aromatic carbocycles. The number of thioether (sulfide) groups is 1. The van der Waals surface area contributed by atoms with Crippen LogP contribution in [0.15, 0.2) is 23.3 Å². The Morgan fingerprint density at radius 1 is 1.38 bits per heavy atom. The molecule has 1 aromatic heterocycles. The van der Waals surface area contributed by atoms with Crippen LogP contribution in [0.25, 0.3) is 0 Å². The van der Waals surface area contributed by atoms with Crippen molar-refractivity contribution in [3.8, 4) is 0 Å². The van der Waals surface area contributed by atoms with Crippen molar-refractivity contribution in [3.05, 3.63) is 29.0 Å². The van der Waals surface area contributed by atoms with Crippen molar-refractivity contribution in [2.45, 2.75) is 30.9 Å². The Bertz CT molecular complexity index is 512. The van der Waals surface area contributed by atoms with Crippen molar-refractivity contribution < 1.29 is 4.74 Å². The number of nitrogens with one attached hydrogen (secondary N) is 2. The van der Waals surface area contributed by atoms with Crippen LogP contribution in [0.4, 0.5) is 0 Å². The normalized spacial score (nSPS) is 17.5. The summed E-state index contributed by atoms with van der Waals surface area (Å²) in [7, 11) is 1.81. The van der Waals surface area contributed by atoms with Gasteiger partial charge in [-0.05, 0) is 36.6 Å². The Labute approximate surface area is 154 Å². The topological polar surface area (TPSA) is 58.5 Å². The number of pyridine rings is 1. The zero-order valence-electron chi connectivity index (χ0n) is 14.5. The zero-order valence-corrected chi connectivity index (χ0v) is 16.1. The third kappa shape index (κ3) is 6.15. The van der Waals surface area contributed by atoms with E-state index < -0.39 is 0 Å². The van der Waals surface area contributed by atoms with Crippen LogP contribution in [-0.4, -0.2) is 54.8 Å². The second-order valence-electron chi connectivity index (χ2n) is 5.82. The molecule has 0 spiro atoms. The first-order valence-electron chi connectivity index (χ1n) is 8.44. The molecule has 2 rings (SSSR count). The third-order valence-electron chi connectivity index (χ3n) is 4.15. The van der Waals surface area contributed by atoms with E-state index in [4.69, 9.17) is 16.3 Å². The first-order valence-corrected chi connectivity index (χ1v) is 9.80. The van der Waals surface area contributed by atoms with E-state index in [1.165, 1.54) is 0 Å². The summed E-state index contributed by atoms with van der Waals surface area (Å²) in [5.41, 5.74) is 1.16. The second-order valence-corrected chi connectivity index (χ2v) is 7.94. The molecule has 1 aromatic rings. The van der Waals surface area contributed by atoms with E-state index in [0.717, 1.165) is 62.8 Å². The van der Waals surface area contributed by atoms with Crippen LogP contribution < -0.4 is 10.6 Å². The van der Waals surface area contributed by atoms with Crippen LogP contribution in [0.1, 0.15) is 25.3 Å². The Balaban J connectivity index is 1.77. The standard InChI is InChI=1S/C17H27ClN4OS/c1-3-24-17(7-10-23-11-8-17)13-22-16(19-2)20-9-6-14-4-5-15(18)21-12-14/h4-5,12H,3,6-11,13H2,1-2H3,(H2,19,20,22). The molecule has 1 aliphatic heterocycles.